The van der Waals surface area contributed by atoms with Gasteiger partial charge in [-0.15, -0.1) is 35.3 Å². The average Bonchev–Trinajstić information content (AvgIpc) is 3.03. The van der Waals surface area contributed by atoms with Gasteiger partial charge in [0.15, 0.2) is 5.96 Å². The molecule has 0 bridgehead atoms. The van der Waals surface area contributed by atoms with Crippen molar-refractivity contribution in [2.45, 2.75) is 40.4 Å². The predicted molar refractivity (Wildman–Crippen MR) is 131 cm³/mol. The highest BCUT2D eigenvalue weighted by molar-refractivity contribution is 14.0. The zero-order chi connectivity index (χ0) is 19.8. The van der Waals surface area contributed by atoms with Gasteiger partial charge in [-0.1, -0.05) is 24.3 Å². The van der Waals surface area contributed by atoms with E-state index in [-0.39, 0.29) is 24.0 Å². The first kappa shape index (κ1) is 24.0. The second kappa shape index (κ2) is 12.5. The lowest BCUT2D eigenvalue weighted by molar-refractivity contribution is 0.0342. The normalized spacial score (nSPS) is 15.1. The van der Waals surface area contributed by atoms with Crippen molar-refractivity contribution in [3.05, 3.63) is 51.0 Å². The van der Waals surface area contributed by atoms with Crippen molar-refractivity contribution in [3.63, 3.8) is 0 Å². The monoisotopic (exact) mass is 529 g/mol. The summed E-state index contributed by atoms with van der Waals surface area (Å²) in [7, 11) is 0. The lowest BCUT2D eigenvalue weighted by atomic mass is 10.1. The molecule has 2 heterocycles. The molecule has 1 aliphatic rings. The molecule has 0 aliphatic carbocycles. The van der Waals surface area contributed by atoms with Gasteiger partial charge < -0.3 is 15.4 Å². The van der Waals surface area contributed by atoms with Crippen LogP contribution in [0.5, 0.6) is 0 Å². The molecule has 160 valence electrons. The standard InChI is InChI=1S/C21H31N5OS.HI/c1-4-22-21(24-14-20-25-16(2)17(3)28-20)23-13-18-5-7-19(8-6-18)15-26-9-11-27-12-10-26;/h5-8H,4,9-15H2,1-3H3,(H2,22,23,24);1H. The van der Waals surface area contributed by atoms with E-state index in [1.807, 2.05) is 0 Å². The van der Waals surface area contributed by atoms with Gasteiger partial charge in [0.05, 0.1) is 32.0 Å². The van der Waals surface area contributed by atoms with E-state index in [1.54, 1.807) is 11.3 Å². The molecule has 29 heavy (non-hydrogen) atoms. The van der Waals surface area contributed by atoms with E-state index < -0.39 is 0 Å². The highest BCUT2D eigenvalue weighted by atomic mass is 127. The number of benzene rings is 1. The van der Waals surface area contributed by atoms with Crippen LogP contribution in [-0.4, -0.2) is 48.7 Å². The smallest absolute Gasteiger partial charge is 0.191 e. The predicted octanol–water partition coefficient (Wildman–Crippen LogP) is 3.47. The summed E-state index contributed by atoms with van der Waals surface area (Å²) in [4.78, 5) is 13.0. The summed E-state index contributed by atoms with van der Waals surface area (Å²) in [6.07, 6.45) is 0. The summed E-state index contributed by atoms with van der Waals surface area (Å²) >= 11 is 1.74. The van der Waals surface area contributed by atoms with Crippen LogP contribution in [0.15, 0.2) is 29.3 Å². The molecule has 6 nitrogen and oxygen atoms in total. The van der Waals surface area contributed by atoms with Crippen molar-refractivity contribution in [2.75, 3.05) is 32.8 Å². The Hall–Kier alpha value is -1.23. The van der Waals surface area contributed by atoms with Crippen molar-refractivity contribution >= 4 is 41.3 Å². The van der Waals surface area contributed by atoms with Crippen molar-refractivity contribution in [3.8, 4) is 0 Å². The molecule has 8 heteroatoms. The fourth-order valence-electron chi connectivity index (χ4n) is 3.05. The molecule has 3 rings (SSSR count). The number of aliphatic imine (C=N–C) groups is 1. The second-order valence-corrected chi connectivity index (χ2v) is 8.29. The zero-order valence-corrected chi connectivity index (χ0v) is 20.7. The van der Waals surface area contributed by atoms with E-state index in [2.05, 4.69) is 65.6 Å². The number of morpholine rings is 1. The SMILES string of the molecule is CCNC(=NCc1ccc(CN2CCOCC2)cc1)NCc1nc(C)c(C)s1.I. The Balaban J connectivity index is 0.00000300. The van der Waals surface area contributed by atoms with Crippen LogP contribution in [0, 0.1) is 13.8 Å². The number of hydrogen-bond donors (Lipinski definition) is 2. The Morgan fingerprint density at radius 1 is 1.14 bits per heavy atom. The first-order valence-corrected chi connectivity index (χ1v) is 10.8. The molecule has 0 radical (unpaired) electrons. The van der Waals surface area contributed by atoms with Crippen molar-refractivity contribution in [2.24, 2.45) is 4.99 Å². The van der Waals surface area contributed by atoms with Gasteiger partial charge in [-0.25, -0.2) is 9.98 Å². The van der Waals surface area contributed by atoms with Crippen LogP contribution in [0.1, 0.15) is 33.6 Å². The Bertz CT molecular complexity index is 752. The van der Waals surface area contributed by atoms with Gasteiger partial charge >= 0.3 is 0 Å². The molecule has 1 aliphatic heterocycles. The third kappa shape index (κ3) is 7.84. The number of hydrogen-bond acceptors (Lipinski definition) is 5. The summed E-state index contributed by atoms with van der Waals surface area (Å²) < 4.78 is 5.41. The first-order chi connectivity index (χ1) is 13.6. The number of aryl methyl sites for hydroxylation is 2. The summed E-state index contributed by atoms with van der Waals surface area (Å²) in [5, 5.41) is 7.78. The Labute approximate surface area is 195 Å². The molecule has 0 atom stereocenters. The highest BCUT2D eigenvalue weighted by Crippen LogP contribution is 2.16. The molecule has 1 aromatic heterocycles. The number of rotatable bonds is 7. The number of halogens is 1. The van der Waals surface area contributed by atoms with Crippen molar-refractivity contribution < 1.29 is 4.74 Å². The number of nitrogens with zero attached hydrogens (tertiary/aromatic N) is 3. The minimum absolute atomic E-state index is 0. The minimum atomic E-state index is 0. The fraction of sp³-hybridized carbons (Fsp3) is 0.524. The van der Waals surface area contributed by atoms with Crippen LogP contribution < -0.4 is 10.6 Å². The molecule has 0 unspecified atom stereocenters. The quantitative estimate of drug-likeness (QED) is 0.327. The van der Waals surface area contributed by atoms with E-state index in [0.717, 1.165) is 56.1 Å². The maximum absolute atomic E-state index is 5.41. The Kier molecular flexibility index (Phi) is 10.3. The molecule has 0 amide bonds. The van der Waals surface area contributed by atoms with Crippen LogP contribution >= 0.6 is 35.3 Å². The zero-order valence-electron chi connectivity index (χ0n) is 17.5. The molecule has 1 fully saturated rings. The molecular weight excluding hydrogens is 497 g/mol. The Morgan fingerprint density at radius 3 is 2.45 bits per heavy atom. The van der Waals surface area contributed by atoms with E-state index in [1.165, 1.54) is 16.0 Å². The van der Waals surface area contributed by atoms with Crippen LogP contribution in [0.25, 0.3) is 0 Å². The van der Waals surface area contributed by atoms with E-state index in [0.29, 0.717) is 13.1 Å². The molecule has 1 saturated heterocycles. The molecular formula is C21H32IN5OS. The number of guanidine groups is 1. The lowest BCUT2D eigenvalue weighted by Crippen LogP contribution is -2.36. The van der Waals surface area contributed by atoms with Gasteiger partial charge in [-0.05, 0) is 31.9 Å². The van der Waals surface area contributed by atoms with Gasteiger partial charge in [0, 0.05) is 31.1 Å². The van der Waals surface area contributed by atoms with Gasteiger partial charge in [-0.2, -0.15) is 0 Å². The third-order valence-corrected chi connectivity index (χ3v) is 5.85. The number of thiazole rings is 1. The van der Waals surface area contributed by atoms with Gasteiger partial charge in [-0.3, -0.25) is 4.90 Å². The summed E-state index contributed by atoms with van der Waals surface area (Å²) in [5.74, 6) is 0.824. The van der Waals surface area contributed by atoms with Crippen molar-refractivity contribution in [1.29, 1.82) is 0 Å². The minimum Gasteiger partial charge on any atom is -0.379 e. The van der Waals surface area contributed by atoms with E-state index >= 15 is 0 Å². The average molecular weight is 529 g/mol. The number of ether oxygens (including phenoxy) is 1. The highest BCUT2D eigenvalue weighted by Gasteiger charge is 2.10. The van der Waals surface area contributed by atoms with Crippen LogP contribution in [-0.2, 0) is 24.4 Å². The topological polar surface area (TPSA) is 61.8 Å². The van der Waals surface area contributed by atoms with Gasteiger partial charge in [0.2, 0.25) is 0 Å². The van der Waals surface area contributed by atoms with E-state index in [4.69, 9.17) is 9.73 Å². The lowest BCUT2D eigenvalue weighted by Gasteiger charge is -2.26. The number of nitrogens with one attached hydrogen (secondary N) is 2. The summed E-state index contributed by atoms with van der Waals surface area (Å²) in [5.41, 5.74) is 3.67. The number of aromatic nitrogens is 1. The third-order valence-electron chi connectivity index (χ3n) is 4.78. The molecule has 2 aromatic rings. The molecule has 0 spiro atoms. The second-order valence-electron chi connectivity index (χ2n) is 7.00. The Morgan fingerprint density at radius 2 is 1.83 bits per heavy atom. The van der Waals surface area contributed by atoms with Crippen LogP contribution in [0.4, 0.5) is 0 Å². The maximum atomic E-state index is 5.41. The van der Waals surface area contributed by atoms with Crippen LogP contribution in [0.3, 0.4) is 0 Å². The fourth-order valence-corrected chi connectivity index (χ4v) is 3.93. The first-order valence-electron chi connectivity index (χ1n) is 9.97. The molecule has 2 N–H and O–H groups in total. The molecule has 1 aromatic carbocycles. The van der Waals surface area contributed by atoms with Gasteiger partial charge in [0.1, 0.15) is 5.01 Å². The largest absolute Gasteiger partial charge is 0.379 e. The molecule has 0 saturated carbocycles. The summed E-state index contributed by atoms with van der Waals surface area (Å²) in [6, 6.07) is 8.77. The maximum Gasteiger partial charge on any atom is 0.191 e. The summed E-state index contributed by atoms with van der Waals surface area (Å²) in [6.45, 7) is 13.1. The van der Waals surface area contributed by atoms with Gasteiger partial charge in [0.25, 0.3) is 0 Å². The van der Waals surface area contributed by atoms with E-state index in [9.17, 15) is 0 Å². The van der Waals surface area contributed by atoms with Crippen LogP contribution in [0.2, 0.25) is 0 Å². The van der Waals surface area contributed by atoms with Crippen molar-refractivity contribution in [1.82, 2.24) is 20.5 Å².